The normalized spacial score (nSPS) is 19.7. The van der Waals surface area contributed by atoms with Crippen LogP contribution in [0.4, 0.5) is 5.69 Å². The summed E-state index contributed by atoms with van der Waals surface area (Å²) in [6, 6.07) is 3.57. The largest absolute Gasteiger partial charge is 0.495 e. The average molecular weight is 405 g/mol. The first-order valence-corrected chi connectivity index (χ1v) is 11.1. The number of nitrogens with zero attached hydrogens (tertiary/aromatic N) is 2. The highest BCUT2D eigenvalue weighted by Crippen LogP contribution is 2.33. The number of methoxy groups -OCH3 is 1. The molecule has 1 aliphatic rings. The number of sulfonamides is 1. The third kappa shape index (κ3) is 4.34. The van der Waals surface area contributed by atoms with E-state index < -0.39 is 25.9 Å². The number of amides is 1. The Balaban J connectivity index is 2.53. The topological polar surface area (TPSA) is 113 Å². The molecule has 0 bridgehead atoms. The molecule has 11 heteroatoms. The minimum absolute atomic E-state index is 0.0550. The first-order valence-electron chi connectivity index (χ1n) is 7.85. The number of hydrogen-bond donors (Lipinski definition) is 1. The maximum atomic E-state index is 13.3. The van der Waals surface area contributed by atoms with E-state index in [-0.39, 0.29) is 34.5 Å². The van der Waals surface area contributed by atoms with Gasteiger partial charge in [0, 0.05) is 26.7 Å². The molecule has 0 unspecified atom stereocenters. The molecule has 1 aromatic rings. The van der Waals surface area contributed by atoms with Crippen LogP contribution in [0.2, 0.25) is 0 Å². The number of benzene rings is 1. The second-order valence-electron chi connectivity index (χ2n) is 6.23. The minimum Gasteiger partial charge on any atom is -0.495 e. The third-order valence-corrected chi connectivity index (χ3v) is 7.67. The summed E-state index contributed by atoms with van der Waals surface area (Å²) in [5.41, 5.74) is 0.301. The van der Waals surface area contributed by atoms with Crippen molar-refractivity contribution in [2.24, 2.45) is 0 Å². The number of anilines is 1. The van der Waals surface area contributed by atoms with Gasteiger partial charge in [0.25, 0.3) is 10.0 Å². The number of nitrogens with one attached hydrogen (secondary N) is 1. The smallest absolute Gasteiger partial charge is 0.260 e. The Morgan fingerprint density at radius 2 is 1.96 bits per heavy atom. The van der Waals surface area contributed by atoms with Gasteiger partial charge in [0.15, 0.2) is 9.84 Å². The van der Waals surface area contributed by atoms with E-state index in [9.17, 15) is 21.6 Å². The number of hydrogen-bond acceptors (Lipinski definition) is 7. The van der Waals surface area contributed by atoms with Crippen LogP contribution < -0.4 is 10.1 Å². The van der Waals surface area contributed by atoms with Gasteiger partial charge in [0.1, 0.15) is 10.6 Å². The molecule has 1 amide bonds. The van der Waals surface area contributed by atoms with Crippen molar-refractivity contribution in [3.8, 4) is 5.75 Å². The molecule has 1 N–H and O–H groups in total. The number of sulfone groups is 1. The summed E-state index contributed by atoms with van der Waals surface area (Å²) in [4.78, 5) is 11.1. The quantitative estimate of drug-likeness (QED) is 0.678. The molecule has 146 valence electrons. The van der Waals surface area contributed by atoms with E-state index in [0.29, 0.717) is 5.69 Å². The first-order chi connectivity index (χ1) is 12.0. The summed E-state index contributed by atoms with van der Waals surface area (Å²) in [7, 11) is -2.99. The Morgan fingerprint density at radius 3 is 2.42 bits per heavy atom. The zero-order valence-corrected chi connectivity index (χ0v) is 16.7. The zero-order chi connectivity index (χ0) is 19.7. The van der Waals surface area contributed by atoms with Crippen LogP contribution in [-0.2, 0) is 24.7 Å². The Hall–Kier alpha value is -1.69. The zero-order valence-electron chi connectivity index (χ0n) is 15.1. The van der Waals surface area contributed by atoms with E-state index >= 15 is 0 Å². The van der Waals surface area contributed by atoms with Crippen molar-refractivity contribution < 1.29 is 26.4 Å². The molecule has 0 aliphatic carbocycles. The maximum absolute atomic E-state index is 13.3. The van der Waals surface area contributed by atoms with Gasteiger partial charge in [0.05, 0.1) is 24.7 Å². The Morgan fingerprint density at radius 1 is 1.31 bits per heavy atom. The molecule has 26 heavy (non-hydrogen) atoms. The molecule has 1 fully saturated rings. The molecule has 0 saturated carbocycles. The highest BCUT2D eigenvalue weighted by molar-refractivity contribution is 7.92. The van der Waals surface area contributed by atoms with Crippen molar-refractivity contribution in [1.29, 1.82) is 0 Å². The number of ether oxygens (including phenoxy) is 1. The first kappa shape index (κ1) is 20.6. The van der Waals surface area contributed by atoms with Crippen molar-refractivity contribution >= 4 is 31.5 Å². The fraction of sp³-hybridized carbons (Fsp3) is 0.533. The van der Waals surface area contributed by atoms with Gasteiger partial charge in [-0.15, -0.1) is 4.41 Å². The van der Waals surface area contributed by atoms with Crippen LogP contribution in [0.15, 0.2) is 23.1 Å². The van der Waals surface area contributed by atoms with Crippen molar-refractivity contribution in [3.63, 3.8) is 0 Å². The van der Waals surface area contributed by atoms with Gasteiger partial charge in [-0.3, -0.25) is 4.79 Å². The van der Waals surface area contributed by atoms with Gasteiger partial charge in [-0.1, -0.05) is 0 Å². The van der Waals surface area contributed by atoms with E-state index in [2.05, 4.69) is 5.32 Å². The fourth-order valence-electron chi connectivity index (χ4n) is 2.95. The van der Waals surface area contributed by atoms with E-state index in [1.165, 1.54) is 51.3 Å². The number of carbonyl (C=O) groups is 1. The maximum Gasteiger partial charge on any atom is 0.260 e. The van der Waals surface area contributed by atoms with Crippen LogP contribution in [0.25, 0.3) is 0 Å². The van der Waals surface area contributed by atoms with Crippen LogP contribution in [0.1, 0.15) is 13.3 Å². The molecule has 0 radical (unpaired) electrons. The lowest BCUT2D eigenvalue weighted by molar-refractivity contribution is -0.114. The van der Waals surface area contributed by atoms with E-state index in [1.807, 2.05) is 0 Å². The van der Waals surface area contributed by atoms with Crippen LogP contribution in [0, 0.1) is 0 Å². The van der Waals surface area contributed by atoms with Crippen molar-refractivity contribution in [2.45, 2.75) is 24.3 Å². The van der Waals surface area contributed by atoms with E-state index in [0.717, 1.165) is 4.41 Å². The molecule has 1 aromatic carbocycles. The monoisotopic (exact) mass is 405 g/mol. The molecular weight excluding hydrogens is 382 g/mol. The molecule has 1 atom stereocenters. The lowest BCUT2D eigenvalue weighted by Crippen LogP contribution is -2.49. The van der Waals surface area contributed by atoms with Crippen molar-refractivity contribution in [1.82, 2.24) is 9.42 Å². The number of rotatable bonds is 6. The highest BCUT2D eigenvalue weighted by Gasteiger charge is 2.41. The molecule has 1 saturated heterocycles. The van der Waals surface area contributed by atoms with E-state index in [4.69, 9.17) is 4.74 Å². The van der Waals surface area contributed by atoms with Gasteiger partial charge in [0.2, 0.25) is 5.91 Å². The molecule has 9 nitrogen and oxygen atoms in total. The van der Waals surface area contributed by atoms with Gasteiger partial charge in [-0.05, 0) is 24.6 Å². The van der Waals surface area contributed by atoms with Gasteiger partial charge >= 0.3 is 0 Å². The van der Waals surface area contributed by atoms with Crippen molar-refractivity contribution in [2.75, 3.05) is 38.0 Å². The summed E-state index contributed by atoms with van der Waals surface area (Å²) in [6.07, 6.45) is 0.216. The van der Waals surface area contributed by atoms with Gasteiger partial charge in [-0.25, -0.2) is 21.8 Å². The number of carbonyl (C=O) groups excluding carboxylic acids is 1. The molecule has 1 heterocycles. The standard InChI is InChI=1S/C15H23N3O6S2/c1-11(19)16-12-5-6-14(24-4)15(9-12)26(22,23)18(17(2)3)13-7-8-25(20,21)10-13/h5-6,9,13H,7-8,10H2,1-4H3,(H,16,19)/t13-/m0/s1. The molecule has 1 aliphatic heterocycles. The minimum atomic E-state index is -4.12. The molecule has 0 spiro atoms. The summed E-state index contributed by atoms with van der Waals surface area (Å²) in [5.74, 6) is -0.532. The molecule has 2 rings (SSSR count). The summed E-state index contributed by atoms with van der Waals surface area (Å²) in [6.45, 7) is 1.31. The van der Waals surface area contributed by atoms with E-state index in [1.54, 1.807) is 0 Å². The second kappa shape index (κ2) is 7.51. The SMILES string of the molecule is COc1ccc(NC(C)=O)cc1S(=O)(=O)N([C@H]1CCS(=O)(=O)C1)N(C)C. The molecule has 0 aromatic heterocycles. The molecular formula is C15H23N3O6S2. The Bertz CT molecular complexity index is 896. The van der Waals surface area contributed by atoms with Gasteiger partial charge in [-0.2, -0.15) is 0 Å². The van der Waals surface area contributed by atoms with Gasteiger partial charge < -0.3 is 10.1 Å². The van der Waals surface area contributed by atoms with Crippen LogP contribution in [0.3, 0.4) is 0 Å². The Labute approximate surface area is 153 Å². The van der Waals surface area contributed by atoms with Crippen LogP contribution in [0.5, 0.6) is 5.75 Å². The highest BCUT2D eigenvalue weighted by atomic mass is 32.2. The van der Waals surface area contributed by atoms with Crippen LogP contribution in [-0.4, -0.2) is 70.9 Å². The van der Waals surface area contributed by atoms with Crippen LogP contribution >= 0.6 is 0 Å². The predicted octanol–water partition coefficient (Wildman–Crippen LogP) is 0.308. The van der Waals surface area contributed by atoms with Crippen molar-refractivity contribution in [3.05, 3.63) is 18.2 Å². The summed E-state index contributed by atoms with van der Waals surface area (Å²) in [5, 5.41) is 3.88. The number of hydrazine groups is 1. The fourth-order valence-corrected chi connectivity index (χ4v) is 6.62. The summed E-state index contributed by atoms with van der Waals surface area (Å²) >= 11 is 0. The Kier molecular flexibility index (Phi) is 5.95. The third-order valence-electron chi connectivity index (χ3n) is 3.92. The average Bonchev–Trinajstić information content (AvgIpc) is 2.85. The summed E-state index contributed by atoms with van der Waals surface area (Å²) < 4.78 is 56.4. The second-order valence-corrected chi connectivity index (χ2v) is 10.2. The lowest BCUT2D eigenvalue weighted by atomic mass is 10.3. The predicted molar refractivity (Wildman–Crippen MR) is 97.1 cm³/mol. The lowest BCUT2D eigenvalue weighted by Gasteiger charge is -2.33.